The number of aromatic nitrogens is 3. The number of oxazole rings is 1. The lowest BCUT2D eigenvalue weighted by Crippen LogP contribution is -2.40. The second kappa shape index (κ2) is 10.3. The fraction of sp³-hybridized carbons (Fsp3) is 0.542. The summed E-state index contributed by atoms with van der Waals surface area (Å²) in [5, 5.41) is 21.7. The maximum absolute atomic E-state index is 13.9. The Morgan fingerprint density at radius 2 is 2.00 bits per heavy atom. The average molecular weight is 572 g/mol. The van der Waals surface area contributed by atoms with Gasteiger partial charge in [0, 0.05) is 12.8 Å². The highest BCUT2D eigenvalue weighted by Gasteiger charge is 2.48. The largest absolute Gasteiger partial charge is 0.438 e. The number of aliphatic hydroxyl groups is 1. The third kappa shape index (κ3) is 5.44. The summed E-state index contributed by atoms with van der Waals surface area (Å²) in [5.74, 6) is -3.90. The van der Waals surface area contributed by atoms with Crippen LogP contribution in [0.5, 0.6) is 0 Å². The van der Waals surface area contributed by atoms with Crippen molar-refractivity contribution in [3.63, 3.8) is 0 Å². The average Bonchev–Trinajstić information content (AvgIpc) is 3.61. The number of hydrogen-bond acceptors (Lipinski definition) is 8. The molecule has 2 aromatic heterocycles. The molecule has 1 saturated carbocycles. The number of carbonyl (C=O) groups excluding carboxylic acids is 2. The van der Waals surface area contributed by atoms with E-state index in [-0.39, 0.29) is 54.1 Å². The first kappa shape index (κ1) is 27.7. The number of hydrogen-bond donors (Lipinski definition) is 3. The summed E-state index contributed by atoms with van der Waals surface area (Å²) in [4.78, 5) is 30.5. The first-order chi connectivity index (χ1) is 18.9. The van der Waals surface area contributed by atoms with Gasteiger partial charge in [0.25, 0.3) is 5.91 Å². The zero-order chi connectivity index (χ0) is 28.8. The van der Waals surface area contributed by atoms with E-state index in [0.29, 0.717) is 5.56 Å². The van der Waals surface area contributed by atoms with E-state index in [2.05, 4.69) is 25.2 Å². The van der Waals surface area contributed by atoms with Crippen molar-refractivity contribution in [2.75, 3.05) is 13.2 Å². The minimum absolute atomic E-state index is 0.0291. The fourth-order valence-corrected chi connectivity index (χ4v) is 5.12. The maximum atomic E-state index is 13.9. The summed E-state index contributed by atoms with van der Waals surface area (Å²) in [6.07, 6.45) is -5.26. The summed E-state index contributed by atoms with van der Waals surface area (Å²) in [5.41, 5.74) is 0.917. The Morgan fingerprint density at radius 1 is 1.27 bits per heavy atom. The topological polar surface area (TPSA) is 147 Å². The number of benzene rings is 1. The van der Waals surface area contributed by atoms with Gasteiger partial charge in [-0.1, -0.05) is 11.2 Å². The normalized spacial score (nSPS) is 21.4. The van der Waals surface area contributed by atoms with E-state index in [9.17, 15) is 36.6 Å². The van der Waals surface area contributed by atoms with Crippen molar-refractivity contribution < 1.29 is 45.7 Å². The Morgan fingerprint density at radius 3 is 2.60 bits per heavy atom. The maximum Gasteiger partial charge on any atom is 0.410 e. The van der Waals surface area contributed by atoms with Crippen LogP contribution in [0.25, 0.3) is 11.1 Å². The number of nitrogens with one attached hydrogen (secondary N) is 2. The Kier molecular flexibility index (Phi) is 7.14. The van der Waals surface area contributed by atoms with Gasteiger partial charge in [-0.3, -0.25) is 4.79 Å². The number of nitrogens with zero attached hydrogens (tertiary/aromatic N) is 4. The monoisotopic (exact) mass is 572 g/mol. The van der Waals surface area contributed by atoms with Crippen LogP contribution in [0.15, 0.2) is 27.2 Å². The molecule has 2 aliphatic rings. The van der Waals surface area contributed by atoms with Gasteiger partial charge in [0.2, 0.25) is 11.8 Å². The minimum Gasteiger partial charge on any atom is -0.438 e. The number of aryl methyl sites for hydroxylation is 1. The van der Waals surface area contributed by atoms with E-state index in [1.54, 1.807) is 0 Å². The molecule has 5 rings (SSSR count). The molecule has 16 heteroatoms. The number of amides is 3. The Hall–Kier alpha value is -3.82. The molecule has 3 amide bonds. The highest BCUT2D eigenvalue weighted by atomic mass is 19.4. The molecule has 3 atom stereocenters. The van der Waals surface area contributed by atoms with Gasteiger partial charge in [0.15, 0.2) is 11.3 Å². The second-order valence-corrected chi connectivity index (χ2v) is 10.0. The van der Waals surface area contributed by atoms with Crippen LogP contribution >= 0.6 is 0 Å². The first-order valence-electron chi connectivity index (χ1n) is 12.5. The molecule has 2 fully saturated rings. The smallest absolute Gasteiger partial charge is 0.410 e. The van der Waals surface area contributed by atoms with Crippen molar-refractivity contribution in [2.24, 2.45) is 5.92 Å². The summed E-state index contributed by atoms with van der Waals surface area (Å²) in [7, 11) is 0. The predicted octanol–water partition coefficient (Wildman–Crippen LogP) is 3.81. The minimum atomic E-state index is -4.65. The molecule has 1 saturated heterocycles. The van der Waals surface area contributed by atoms with Crippen LogP contribution in [0, 0.1) is 12.8 Å². The number of urea groups is 1. The van der Waals surface area contributed by atoms with Gasteiger partial charge in [-0.15, -0.1) is 0 Å². The van der Waals surface area contributed by atoms with Gasteiger partial charge in [0.1, 0.15) is 23.3 Å². The first-order valence-corrected chi connectivity index (χ1v) is 12.5. The Balaban J connectivity index is 1.44. The van der Waals surface area contributed by atoms with Gasteiger partial charge < -0.3 is 25.1 Å². The molecular formula is C24H25F5N6O5. The molecule has 3 aromatic rings. The second-order valence-electron chi connectivity index (χ2n) is 10.0. The molecule has 3 heterocycles. The van der Waals surface area contributed by atoms with E-state index in [1.807, 2.05) is 5.32 Å². The van der Waals surface area contributed by atoms with Crippen molar-refractivity contribution in [1.82, 2.24) is 30.8 Å². The number of fused-ring (bicyclic) bond motifs is 1. The van der Waals surface area contributed by atoms with E-state index in [0.717, 1.165) is 4.90 Å². The molecule has 0 bridgehead atoms. The van der Waals surface area contributed by atoms with Gasteiger partial charge in [-0.25, -0.2) is 23.2 Å². The van der Waals surface area contributed by atoms with Gasteiger partial charge in [-0.05, 0) is 48.5 Å². The highest BCUT2D eigenvalue weighted by molar-refractivity contribution is 5.93. The van der Waals surface area contributed by atoms with Gasteiger partial charge in [0.05, 0.1) is 19.2 Å². The van der Waals surface area contributed by atoms with Crippen LogP contribution in [-0.2, 0) is 0 Å². The predicted molar refractivity (Wildman–Crippen MR) is 125 cm³/mol. The lowest BCUT2D eigenvalue weighted by molar-refractivity contribution is -0.150. The molecule has 3 N–H and O–H groups in total. The van der Waals surface area contributed by atoms with Crippen molar-refractivity contribution in [1.29, 1.82) is 0 Å². The summed E-state index contributed by atoms with van der Waals surface area (Å²) in [6, 6.07) is -0.665. The van der Waals surface area contributed by atoms with Crippen LogP contribution in [0.2, 0.25) is 0 Å². The van der Waals surface area contributed by atoms with E-state index in [4.69, 9.17) is 4.42 Å². The number of aliphatic hydroxyl groups excluding tert-OH is 1. The SMILES string of the molecule is Cc1nonc1C(=O)N[C@H](c1nc2cc([C@@H](CO)N3C[C@@H](C(F)(F)F)NC3=O)ccc2o1)C1CCC(F)(F)CC1. The van der Waals surface area contributed by atoms with Crippen LogP contribution in [0.1, 0.15) is 65.4 Å². The van der Waals surface area contributed by atoms with E-state index >= 15 is 0 Å². The highest BCUT2D eigenvalue weighted by Crippen LogP contribution is 2.42. The molecule has 216 valence electrons. The number of carbonyl (C=O) groups is 2. The molecule has 1 aliphatic carbocycles. The standard InChI is InChI=1S/C24H25F5N6O5/c1-11-18(34-40-33-11)20(37)32-19(12-4-6-23(25,26)7-5-12)21-30-14-8-13(2-3-16(14)39-21)15(10-36)35-9-17(24(27,28)29)31-22(35)38/h2-3,8,12,15,17,19,36H,4-7,9-10H2,1H3,(H,31,38)(H,32,37)/t15-,17+,19+/m1/s1. The molecular weight excluding hydrogens is 547 g/mol. The van der Waals surface area contributed by atoms with E-state index < -0.39 is 61.2 Å². The van der Waals surface area contributed by atoms with Crippen molar-refractivity contribution in [3.05, 3.63) is 41.0 Å². The van der Waals surface area contributed by atoms with Crippen molar-refractivity contribution in [3.8, 4) is 0 Å². The van der Waals surface area contributed by atoms with Crippen LogP contribution in [0.4, 0.5) is 26.7 Å². The Labute approximate surface area is 223 Å². The van der Waals surface area contributed by atoms with Crippen LogP contribution < -0.4 is 10.6 Å². The third-order valence-electron chi connectivity index (χ3n) is 7.35. The van der Waals surface area contributed by atoms with E-state index in [1.165, 1.54) is 25.1 Å². The van der Waals surface area contributed by atoms with Gasteiger partial charge >= 0.3 is 12.2 Å². The molecule has 0 unspecified atom stereocenters. The van der Waals surface area contributed by atoms with Crippen LogP contribution in [-0.4, -0.2) is 68.5 Å². The molecule has 0 radical (unpaired) electrons. The van der Waals surface area contributed by atoms with Crippen molar-refractivity contribution >= 4 is 23.0 Å². The summed E-state index contributed by atoms with van der Waals surface area (Å²) >= 11 is 0. The molecule has 11 nitrogen and oxygen atoms in total. The fourth-order valence-electron chi connectivity index (χ4n) is 5.12. The summed E-state index contributed by atoms with van der Waals surface area (Å²) < 4.78 is 77.7. The van der Waals surface area contributed by atoms with Crippen LogP contribution in [0.3, 0.4) is 0 Å². The third-order valence-corrected chi connectivity index (χ3v) is 7.35. The number of alkyl halides is 5. The lowest BCUT2D eigenvalue weighted by atomic mass is 9.82. The molecule has 0 spiro atoms. The number of halogens is 5. The Bertz CT molecular complexity index is 1400. The summed E-state index contributed by atoms with van der Waals surface area (Å²) in [6.45, 7) is 0.165. The lowest BCUT2D eigenvalue weighted by Gasteiger charge is -2.32. The quantitative estimate of drug-likeness (QED) is 0.363. The zero-order valence-electron chi connectivity index (χ0n) is 21.0. The molecule has 40 heavy (non-hydrogen) atoms. The molecule has 1 aliphatic heterocycles. The molecule has 1 aromatic carbocycles. The number of rotatable bonds is 7. The zero-order valence-corrected chi connectivity index (χ0v) is 21.0. The van der Waals surface area contributed by atoms with Crippen molar-refractivity contribution in [2.45, 2.75) is 62.8 Å². The van der Waals surface area contributed by atoms with Gasteiger partial charge in [-0.2, -0.15) is 13.2 Å².